The third-order valence-corrected chi connectivity index (χ3v) is 22.4. The van der Waals surface area contributed by atoms with E-state index in [9.17, 15) is 15.8 Å². The van der Waals surface area contributed by atoms with Gasteiger partial charge < -0.3 is 9.64 Å². The second kappa shape index (κ2) is 27.8. The summed E-state index contributed by atoms with van der Waals surface area (Å²) in [5, 5.41) is 32.9. The zero-order valence-corrected chi connectivity index (χ0v) is 44.6. The highest BCUT2D eigenvalue weighted by Crippen LogP contribution is 2.46. The largest absolute Gasteiger partial charge is 0.480 e. The lowest BCUT2D eigenvalue weighted by Gasteiger charge is -2.29. The molecule has 0 N–H and O–H groups in total. The molecule has 356 valence electrons. The Morgan fingerprint density at radius 2 is 1.05 bits per heavy atom. The van der Waals surface area contributed by atoms with Crippen molar-refractivity contribution >= 4 is 52.9 Å². The lowest BCUT2D eigenvalue weighted by Crippen LogP contribution is -2.54. The number of ether oxygens (including phenoxy) is 1. The van der Waals surface area contributed by atoms with Crippen molar-refractivity contribution < 1.29 is 4.74 Å². The molecule has 8 heteroatoms. The molecule has 3 aromatic rings. The summed E-state index contributed by atoms with van der Waals surface area (Å²) in [7, 11) is 2.09. The van der Waals surface area contributed by atoms with Gasteiger partial charge in [0, 0.05) is 44.9 Å². The molecular formula is C58H82N4OS2Si. The van der Waals surface area contributed by atoms with Crippen molar-refractivity contribution in [1.82, 2.24) is 0 Å². The number of nitrogens with zero attached hydrogens (tertiary/aromatic N) is 4. The maximum Gasteiger partial charge on any atom is 0.172 e. The van der Waals surface area contributed by atoms with Gasteiger partial charge in [0.25, 0.3) is 0 Å². The first-order valence-electron chi connectivity index (χ1n) is 26.3. The third-order valence-electron chi connectivity index (χ3n) is 14.3. The molecule has 4 heterocycles. The quantitative estimate of drug-likeness (QED) is 0.0354. The number of nitriles is 3. The van der Waals surface area contributed by atoms with Crippen LogP contribution in [0.5, 0.6) is 0 Å². The van der Waals surface area contributed by atoms with Gasteiger partial charge in [0.1, 0.15) is 37.5 Å². The lowest BCUT2D eigenvalue weighted by molar-refractivity contribution is 0.0954. The Morgan fingerprint density at radius 1 is 0.606 bits per heavy atom. The average Bonchev–Trinajstić information content (AvgIpc) is 4.06. The lowest BCUT2D eigenvalue weighted by atomic mass is 9.94. The average molecular weight is 944 g/mol. The highest BCUT2D eigenvalue weighted by molar-refractivity contribution is 7.30. The van der Waals surface area contributed by atoms with E-state index in [0.717, 1.165) is 0 Å². The van der Waals surface area contributed by atoms with Gasteiger partial charge in [-0.25, -0.2) is 0 Å². The summed E-state index contributed by atoms with van der Waals surface area (Å²) in [5.74, 6) is 0.0947. The third kappa shape index (κ3) is 14.6. The molecule has 5 rings (SSSR count). The van der Waals surface area contributed by atoms with Gasteiger partial charge in [-0.1, -0.05) is 199 Å². The van der Waals surface area contributed by atoms with E-state index in [-0.39, 0.29) is 16.9 Å². The van der Waals surface area contributed by atoms with Gasteiger partial charge in [0.2, 0.25) is 0 Å². The number of hydrogen-bond acceptors (Lipinski definition) is 7. The van der Waals surface area contributed by atoms with Crippen LogP contribution in [0.25, 0.3) is 26.3 Å². The fourth-order valence-corrected chi connectivity index (χ4v) is 19.7. The molecule has 0 aliphatic carbocycles. The Kier molecular flexibility index (Phi) is 22.4. The van der Waals surface area contributed by atoms with E-state index in [1.165, 1.54) is 210 Å². The van der Waals surface area contributed by atoms with Crippen LogP contribution in [0.15, 0.2) is 65.0 Å². The van der Waals surface area contributed by atoms with Gasteiger partial charge in [0.05, 0.1) is 0 Å². The van der Waals surface area contributed by atoms with E-state index in [2.05, 4.69) is 81.4 Å². The van der Waals surface area contributed by atoms with Gasteiger partial charge in [0.15, 0.2) is 11.3 Å². The second-order valence-corrected chi connectivity index (χ2v) is 26.4. The van der Waals surface area contributed by atoms with Crippen LogP contribution in [0, 0.1) is 34.0 Å². The van der Waals surface area contributed by atoms with E-state index in [1.54, 1.807) is 10.4 Å². The van der Waals surface area contributed by atoms with Gasteiger partial charge in [-0.3, -0.25) is 0 Å². The zero-order valence-electron chi connectivity index (χ0n) is 41.9. The first kappa shape index (κ1) is 53.1. The molecule has 0 radical (unpaired) electrons. The SMILES string of the molecule is CCCCCCCCCCCCCCC[Si]1(CCCCCCCCCCCCCCC)c2cc(/C=C/C3=C(C#N)C(=C(C#N)C#N)OC3(C)C)sc2-c2sc(-c3ccc(N(C)C)cc3)cc21. The molecule has 0 saturated carbocycles. The molecule has 2 aliphatic heterocycles. The topological polar surface area (TPSA) is 83.8 Å². The molecule has 66 heavy (non-hydrogen) atoms. The summed E-state index contributed by atoms with van der Waals surface area (Å²) in [4.78, 5) is 7.72. The molecule has 0 amide bonds. The normalized spacial score (nSPS) is 14.6. The molecule has 2 aliphatic rings. The van der Waals surface area contributed by atoms with Crippen LogP contribution in [0.4, 0.5) is 5.69 Å². The van der Waals surface area contributed by atoms with Crippen LogP contribution in [-0.4, -0.2) is 27.8 Å². The fourth-order valence-electron chi connectivity index (χ4n) is 10.3. The van der Waals surface area contributed by atoms with Gasteiger partial charge in [-0.15, -0.1) is 22.7 Å². The summed E-state index contributed by atoms with van der Waals surface area (Å²) in [6.45, 7) is 8.42. The Balaban J connectivity index is 1.38. The molecule has 2 aromatic heterocycles. The van der Waals surface area contributed by atoms with Crippen LogP contribution in [0.1, 0.15) is 200 Å². The van der Waals surface area contributed by atoms with Crippen molar-refractivity contribution in [1.29, 1.82) is 15.8 Å². The van der Waals surface area contributed by atoms with Gasteiger partial charge in [-0.2, -0.15) is 15.8 Å². The van der Waals surface area contributed by atoms with E-state index in [1.807, 2.05) is 54.7 Å². The molecule has 0 atom stereocenters. The number of thiophene rings is 2. The maximum atomic E-state index is 10.3. The Bertz CT molecular complexity index is 2140. The molecule has 5 nitrogen and oxygen atoms in total. The van der Waals surface area contributed by atoms with E-state index >= 15 is 0 Å². The van der Waals surface area contributed by atoms with Crippen molar-refractivity contribution in [3.63, 3.8) is 0 Å². The minimum absolute atomic E-state index is 0.0947. The molecule has 0 bridgehead atoms. The number of hydrogen-bond donors (Lipinski definition) is 0. The first-order chi connectivity index (χ1) is 32.1. The van der Waals surface area contributed by atoms with Crippen LogP contribution in [0.2, 0.25) is 12.1 Å². The minimum atomic E-state index is -2.13. The summed E-state index contributed by atoms with van der Waals surface area (Å²) in [5.41, 5.74) is 2.51. The second-order valence-electron chi connectivity index (χ2n) is 20.0. The Morgan fingerprint density at radius 3 is 1.48 bits per heavy atom. The van der Waals surface area contributed by atoms with Crippen LogP contribution in [-0.2, 0) is 4.74 Å². The number of anilines is 1. The monoisotopic (exact) mass is 943 g/mol. The molecule has 0 spiro atoms. The van der Waals surface area contributed by atoms with Crippen molar-refractivity contribution in [3.05, 3.63) is 69.8 Å². The van der Waals surface area contributed by atoms with Crippen molar-refractivity contribution in [2.45, 2.75) is 212 Å². The van der Waals surface area contributed by atoms with Crippen LogP contribution >= 0.6 is 22.7 Å². The fraction of sp³-hybridized carbons (Fsp3) is 0.603. The number of benzene rings is 1. The summed E-state index contributed by atoms with van der Waals surface area (Å²) < 4.78 is 6.13. The standard InChI is InChI=1S/C58H82N4OS2Si/c1-7-9-11-13-15-17-19-21-23-25-27-29-31-39-66(40-32-30-28-26-24-22-20-18-16-14-12-10-8-2)53-41-49(37-38-51-50(45-61)55(47(43-59)44-60)63-58(51,3)4)64-56(53)57-54(66)42-52(65-57)46-33-35-48(36-34-46)62(5)6/h33-38,41-42H,7-32,39-40H2,1-6H3/b38-37+. The molecule has 0 fully saturated rings. The summed E-state index contributed by atoms with van der Waals surface area (Å²) >= 11 is 3.90. The highest BCUT2D eigenvalue weighted by atomic mass is 32.1. The van der Waals surface area contributed by atoms with E-state index in [4.69, 9.17) is 4.74 Å². The maximum absolute atomic E-state index is 10.3. The predicted molar refractivity (Wildman–Crippen MR) is 289 cm³/mol. The minimum Gasteiger partial charge on any atom is -0.480 e. The van der Waals surface area contributed by atoms with Crippen molar-refractivity contribution in [3.8, 4) is 38.4 Å². The van der Waals surface area contributed by atoms with Gasteiger partial charge >= 0.3 is 0 Å². The van der Waals surface area contributed by atoms with E-state index in [0.29, 0.717) is 5.57 Å². The Hall–Kier alpha value is -3.87. The number of allylic oxidation sites excluding steroid dienone is 2. The summed E-state index contributed by atoms with van der Waals surface area (Å²) in [6.07, 6.45) is 39.9. The van der Waals surface area contributed by atoms with E-state index < -0.39 is 13.7 Å². The van der Waals surface area contributed by atoms with Crippen molar-refractivity contribution in [2.75, 3.05) is 19.0 Å². The van der Waals surface area contributed by atoms with Crippen LogP contribution < -0.4 is 15.3 Å². The first-order valence-corrected chi connectivity index (χ1v) is 30.3. The molecular weight excluding hydrogens is 861 g/mol. The smallest absolute Gasteiger partial charge is 0.172 e. The predicted octanol–water partition coefficient (Wildman–Crippen LogP) is 17.2. The van der Waals surface area contributed by atoms with Crippen molar-refractivity contribution in [2.24, 2.45) is 0 Å². The Labute approximate surface area is 410 Å². The summed E-state index contributed by atoms with van der Waals surface area (Å²) in [6, 6.07) is 23.0. The number of unbranched alkanes of at least 4 members (excludes halogenated alkanes) is 24. The number of rotatable bonds is 32. The van der Waals surface area contributed by atoms with Crippen LogP contribution in [0.3, 0.4) is 0 Å². The zero-order chi connectivity index (χ0) is 47.2. The van der Waals surface area contributed by atoms with Gasteiger partial charge in [-0.05, 0) is 72.2 Å². The highest BCUT2D eigenvalue weighted by Gasteiger charge is 2.47. The molecule has 0 saturated heterocycles. The molecule has 0 unspecified atom stereocenters. The number of fused-ring (bicyclic) bond motifs is 3. The molecule has 1 aromatic carbocycles.